The number of alkyl halides is 3. The maximum absolute atomic E-state index is 10.6. The summed E-state index contributed by atoms with van der Waals surface area (Å²) in [7, 11) is 0. The topological polar surface area (TPSA) is 124 Å². The Balaban J connectivity index is 0.000000295. The highest BCUT2D eigenvalue weighted by Gasteiger charge is 2.38. The van der Waals surface area contributed by atoms with E-state index in [1.165, 1.54) is 12.3 Å². The summed E-state index contributed by atoms with van der Waals surface area (Å²) in [6, 6.07) is 1.48. The van der Waals surface area contributed by atoms with Crippen LogP contribution < -0.4 is 5.73 Å². The van der Waals surface area contributed by atoms with E-state index in [1.54, 1.807) is 10.6 Å². The van der Waals surface area contributed by atoms with Crippen molar-refractivity contribution in [3.05, 3.63) is 40.0 Å². The number of aromatic nitrogens is 2. The summed E-state index contributed by atoms with van der Waals surface area (Å²) in [5.41, 5.74) is 7.72. The zero-order chi connectivity index (χ0) is 17.1. The smallest absolute Gasteiger partial charge is 0.475 e. The van der Waals surface area contributed by atoms with E-state index in [-0.39, 0.29) is 12.2 Å². The number of carboxylic acid groups (broad SMARTS) is 1. The summed E-state index contributed by atoms with van der Waals surface area (Å²) in [5, 5.41) is 17.7. The lowest BCUT2D eigenvalue weighted by molar-refractivity contribution is -0.384. The highest BCUT2D eigenvalue weighted by molar-refractivity contribution is 5.73. The largest absolute Gasteiger partial charge is 0.490 e. The van der Waals surface area contributed by atoms with E-state index < -0.39 is 17.1 Å². The number of nitro groups is 1. The minimum absolute atomic E-state index is 0.0529. The molecule has 0 aliphatic heterocycles. The Hall–Kier alpha value is -2.69. The van der Waals surface area contributed by atoms with Gasteiger partial charge in [-0.1, -0.05) is 0 Å². The number of carboxylic acids is 1. The Morgan fingerprint density at radius 1 is 1.50 bits per heavy atom. The van der Waals surface area contributed by atoms with Crippen molar-refractivity contribution >= 4 is 17.2 Å². The van der Waals surface area contributed by atoms with Gasteiger partial charge in [0.15, 0.2) is 0 Å². The standard InChI is InChI=1S/C9H10N4O2.C2HF3O2/c1-6-4-12-5-7(13(14)15)2-9(12)8(3-10)11-6;3-2(4,5)1(6)7/h2,4-5H,3,10H2,1H3;(H,6,7). The van der Waals surface area contributed by atoms with Crippen molar-refractivity contribution in [3.63, 3.8) is 0 Å². The van der Waals surface area contributed by atoms with Crippen molar-refractivity contribution in [1.29, 1.82) is 0 Å². The van der Waals surface area contributed by atoms with E-state index in [0.717, 1.165) is 5.69 Å². The first kappa shape index (κ1) is 17.4. The van der Waals surface area contributed by atoms with E-state index >= 15 is 0 Å². The lowest BCUT2D eigenvalue weighted by Crippen LogP contribution is -2.21. The molecule has 2 aromatic heterocycles. The summed E-state index contributed by atoms with van der Waals surface area (Å²) < 4.78 is 33.4. The molecule has 11 heteroatoms. The van der Waals surface area contributed by atoms with Gasteiger partial charge in [0.1, 0.15) is 0 Å². The average Bonchev–Trinajstić information content (AvgIpc) is 2.81. The third-order valence-corrected chi connectivity index (χ3v) is 2.41. The van der Waals surface area contributed by atoms with Gasteiger partial charge in [-0.2, -0.15) is 13.2 Å². The van der Waals surface area contributed by atoms with Crippen LogP contribution in [0.1, 0.15) is 11.4 Å². The molecule has 2 heterocycles. The number of aryl methyl sites for hydroxylation is 1. The van der Waals surface area contributed by atoms with Crippen LogP contribution in [0.5, 0.6) is 0 Å². The Morgan fingerprint density at radius 2 is 2.05 bits per heavy atom. The van der Waals surface area contributed by atoms with Gasteiger partial charge in [-0.15, -0.1) is 0 Å². The molecule has 8 nitrogen and oxygen atoms in total. The Labute approximate surface area is 121 Å². The second-order valence-corrected chi connectivity index (χ2v) is 4.08. The number of aliphatic carboxylic acids is 1. The van der Waals surface area contributed by atoms with Gasteiger partial charge in [0.2, 0.25) is 0 Å². The Kier molecular flexibility index (Phi) is 5.04. The number of nitrogens with two attached hydrogens (primary N) is 1. The minimum atomic E-state index is -5.08. The molecule has 0 atom stereocenters. The molecule has 0 spiro atoms. The molecule has 0 saturated heterocycles. The summed E-state index contributed by atoms with van der Waals surface area (Å²) in [4.78, 5) is 23.3. The fourth-order valence-corrected chi connectivity index (χ4v) is 1.55. The van der Waals surface area contributed by atoms with E-state index in [2.05, 4.69) is 4.98 Å². The number of fused-ring (bicyclic) bond motifs is 1. The third-order valence-electron chi connectivity index (χ3n) is 2.41. The number of hydrogen-bond donors (Lipinski definition) is 2. The van der Waals surface area contributed by atoms with Gasteiger partial charge in [0, 0.05) is 18.8 Å². The van der Waals surface area contributed by atoms with Crippen LogP contribution in [-0.4, -0.2) is 31.6 Å². The molecular formula is C11H11F3N4O4. The first-order valence-electron chi connectivity index (χ1n) is 5.69. The van der Waals surface area contributed by atoms with Crippen molar-refractivity contribution in [1.82, 2.24) is 9.38 Å². The average molecular weight is 320 g/mol. The molecule has 0 saturated carbocycles. The highest BCUT2D eigenvalue weighted by Crippen LogP contribution is 2.19. The molecule has 0 aromatic carbocycles. The molecule has 0 unspecified atom stereocenters. The SMILES string of the molecule is Cc1cn2cc([N+](=O)[O-])cc2c(CN)n1.O=C(O)C(F)(F)F. The number of rotatable bonds is 2. The lowest BCUT2D eigenvalue weighted by atomic mass is 10.3. The first-order valence-corrected chi connectivity index (χ1v) is 5.69. The van der Waals surface area contributed by atoms with Crippen LogP contribution in [0.4, 0.5) is 18.9 Å². The second-order valence-electron chi connectivity index (χ2n) is 4.08. The van der Waals surface area contributed by atoms with Crippen LogP contribution in [0.25, 0.3) is 5.52 Å². The van der Waals surface area contributed by atoms with Crippen LogP contribution in [0.2, 0.25) is 0 Å². The van der Waals surface area contributed by atoms with Gasteiger partial charge in [0.05, 0.1) is 28.0 Å². The van der Waals surface area contributed by atoms with Gasteiger partial charge in [-0.25, -0.2) is 4.79 Å². The van der Waals surface area contributed by atoms with Crippen LogP contribution in [0, 0.1) is 17.0 Å². The molecule has 22 heavy (non-hydrogen) atoms. The number of nitrogens with zero attached hydrogens (tertiary/aromatic N) is 3. The van der Waals surface area contributed by atoms with Crippen molar-refractivity contribution in [2.24, 2.45) is 5.73 Å². The summed E-state index contributed by atoms with van der Waals surface area (Å²) in [6.45, 7) is 2.09. The van der Waals surface area contributed by atoms with Gasteiger partial charge < -0.3 is 15.2 Å². The summed E-state index contributed by atoms with van der Waals surface area (Å²) in [5.74, 6) is -2.76. The van der Waals surface area contributed by atoms with Crippen molar-refractivity contribution in [3.8, 4) is 0 Å². The Bertz CT molecular complexity index is 711. The molecule has 0 bridgehead atoms. The second kappa shape index (κ2) is 6.39. The van der Waals surface area contributed by atoms with Crippen molar-refractivity contribution in [2.75, 3.05) is 0 Å². The molecule has 2 aromatic rings. The first-order chi connectivity index (χ1) is 10.1. The van der Waals surface area contributed by atoms with Crippen molar-refractivity contribution < 1.29 is 28.0 Å². The number of carbonyl (C=O) groups is 1. The monoisotopic (exact) mass is 320 g/mol. The lowest BCUT2D eigenvalue weighted by Gasteiger charge is -2.01. The quantitative estimate of drug-likeness (QED) is 0.640. The molecule has 3 N–H and O–H groups in total. The van der Waals surface area contributed by atoms with Crippen LogP contribution in [0.3, 0.4) is 0 Å². The van der Waals surface area contributed by atoms with Gasteiger partial charge in [-0.3, -0.25) is 15.1 Å². The molecule has 2 rings (SSSR count). The number of halogens is 3. The van der Waals surface area contributed by atoms with E-state index in [0.29, 0.717) is 11.2 Å². The van der Waals surface area contributed by atoms with Crippen LogP contribution >= 0.6 is 0 Å². The predicted octanol–water partition coefficient (Wildman–Crippen LogP) is 1.64. The summed E-state index contributed by atoms with van der Waals surface area (Å²) in [6.07, 6.45) is -1.88. The van der Waals surface area contributed by atoms with Gasteiger partial charge >= 0.3 is 12.1 Å². The maximum Gasteiger partial charge on any atom is 0.490 e. The van der Waals surface area contributed by atoms with Gasteiger partial charge in [-0.05, 0) is 6.92 Å². The van der Waals surface area contributed by atoms with Crippen LogP contribution in [-0.2, 0) is 11.3 Å². The molecule has 0 amide bonds. The molecule has 0 radical (unpaired) electrons. The molecule has 0 fully saturated rings. The fraction of sp³-hybridized carbons (Fsp3) is 0.273. The molecule has 0 aliphatic rings. The summed E-state index contributed by atoms with van der Waals surface area (Å²) >= 11 is 0. The van der Waals surface area contributed by atoms with Gasteiger partial charge in [0.25, 0.3) is 5.69 Å². The molecule has 120 valence electrons. The zero-order valence-corrected chi connectivity index (χ0v) is 11.2. The zero-order valence-electron chi connectivity index (χ0n) is 11.2. The number of hydrogen-bond acceptors (Lipinski definition) is 5. The predicted molar refractivity (Wildman–Crippen MR) is 68.2 cm³/mol. The van der Waals surface area contributed by atoms with Crippen molar-refractivity contribution in [2.45, 2.75) is 19.6 Å². The van der Waals surface area contributed by atoms with E-state index in [9.17, 15) is 23.3 Å². The van der Waals surface area contributed by atoms with E-state index in [4.69, 9.17) is 15.6 Å². The maximum atomic E-state index is 10.6. The minimum Gasteiger partial charge on any atom is -0.475 e. The molecule has 0 aliphatic carbocycles. The molecular weight excluding hydrogens is 309 g/mol. The third kappa shape index (κ3) is 4.15. The van der Waals surface area contributed by atoms with Crippen LogP contribution in [0.15, 0.2) is 18.5 Å². The normalized spacial score (nSPS) is 11.0. The Morgan fingerprint density at radius 3 is 2.45 bits per heavy atom. The highest BCUT2D eigenvalue weighted by atomic mass is 19.4. The fourth-order valence-electron chi connectivity index (χ4n) is 1.55. The van der Waals surface area contributed by atoms with E-state index in [1.807, 2.05) is 6.92 Å².